The summed E-state index contributed by atoms with van der Waals surface area (Å²) in [4.78, 5) is 37.0. The Labute approximate surface area is 352 Å². The summed E-state index contributed by atoms with van der Waals surface area (Å²) in [5.74, 6) is 4.64. The van der Waals surface area contributed by atoms with Gasteiger partial charge in [-0.3, -0.25) is 5.43 Å². The van der Waals surface area contributed by atoms with Crippen LogP contribution in [0.15, 0.2) is 61.2 Å². The number of hydrogen-bond donors (Lipinski definition) is 3. The molecule has 0 saturated carbocycles. The van der Waals surface area contributed by atoms with Crippen molar-refractivity contribution in [3.05, 3.63) is 95.1 Å². The minimum absolute atomic E-state index is 0.0486. The minimum atomic E-state index is -2.95. The lowest BCUT2D eigenvalue weighted by Crippen LogP contribution is -2.54. The lowest BCUT2D eigenvalue weighted by Gasteiger charge is -2.35. The molecule has 1 aliphatic heterocycles. The molecule has 2 aromatic carbocycles. The zero-order chi connectivity index (χ0) is 44.6. The van der Waals surface area contributed by atoms with Crippen LogP contribution in [0.5, 0.6) is 0 Å². The maximum absolute atomic E-state index is 15.6. The number of nitrogens with one attached hydrogen (secondary N) is 2. The average molecular weight is 853 g/mol. The van der Waals surface area contributed by atoms with Gasteiger partial charge in [-0.1, -0.05) is 24.0 Å². The summed E-state index contributed by atoms with van der Waals surface area (Å²) in [6.45, 7) is 11.3. The second kappa shape index (κ2) is 19.7. The number of carbonyl (C=O) groups excluding carboxylic acids is 2. The van der Waals surface area contributed by atoms with Crippen LogP contribution in [0.3, 0.4) is 0 Å². The Bertz CT molecular complexity index is 2150. The number of rotatable bonds is 12. The van der Waals surface area contributed by atoms with Gasteiger partial charge in [0.2, 0.25) is 5.95 Å². The highest BCUT2D eigenvalue weighted by Gasteiger charge is 2.30. The summed E-state index contributed by atoms with van der Waals surface area (Å²) in [6, 6.07) is 7.94. The van der Waals surface area contributed by atoms with Crippen molar-refractivity contribution in [2.75, 3.05) is 24.5 Å². The van der Waals surface area contributed by atoms with Crippen molar-refractivity contribution in [1.29, 1.82) is 0 Å². The highest BCUT2D eigenvalue weighted by Crippen LogP contribution is 2.27. The highest BCUT2D eigenvalue weighted by atomic mass is 19.3. The van der Waals surface area contributed by atoms with Gasteiger partial charge in [-0.15, -0.1) is 0 Å². The fourth-order valence-electron chi connectivity index (χ4n) is 6.39. The number of alkyl carbamates (subject to hydrolysis) is 1. The number of benzene rings is 2. The maximum atomic E-state index is 15.6. The number of anilines is 1. The van der Waals surface area contributed by atoms with E-state index in [1.54, 1.807) is 78.2 Å². The van der Waals surface area contributed by atoms with E-state index in [-0.39, 0.29) is 29.8 Å². The van der Waals surface area contributed by atoms with E-state index in [0.29, 0.717) is 40.4 Å². The molecule has 3 heterocycles. The molecule has 0 radical (unpaired) electrons. The molecule has 2 amide bonds. The molecule has 0 bridgehead atoms. The van der Waals surface area contributed by atoms with Crippen LogP contribution < -0.4 is 15.6 Å². The summed E-state index contributed by atoms with van der Waals surface area (Å²) in [5.41, 5.74) is 2.08. The van der Waals surface area contributed by atoms with Gasteiger partial charge in [0.1, 0.15) is 22.8 Å². The largest absolute Gasteiger partial charge is 0.444 e. The number of halogens is 4. The van der Waals surface area contributed by atoms with Crippen LogP contribution in [0.2, 0.25) is 0 Å². The second-order valence-electron chi connectivity index (χ2n) is 16.8. The van der Waals surface area contributed by atoms with Gasteiger partial charge < -0.3 is 29.5 Å². The first kappa shape index (κ1) is 46.3. The summed E-state index contributed by atoms with van der Waals surface area (Å²) in [6.07, 6.45) is 2.23. The quantitative estimate of drug-likeness (QED) is 0.0786. The van der Waals surface area contributed by atoms with E-state index in [0.717, 1.165) is 29.5 Å². The van der Waals surface area contributed by atoms with E-state index < -0.39 is 72.4 Å². The molecule has 328 valence electrons. The minimum Gasteiger partial charge on any atom is -0.444 e. The topological polar surface area (TPSA) is 156 Å². The summed E-state index contributed by atoms with van der Waals surface area (Å²) in [7, 11) is 0. The third-order valence-corrected chi connectivity index (χ3v) is 8.95. The van der Waals surface area contributed by atoms with Gasteiger partial charge in [0, 0.05) is 61.5 Å². The van der Waals surface area contributed by atoms with Gasteiger partial charge in [0.25, 0.3) is 0 Å². The molecule has 5 rings (SSSR count). The van der Waals surface area contributed by atoms with Crippen LogP contribution in [-0.4, -0.2) is 97.2 Å². The number of hydrogen-bond acceptors (Lipinski definition) is 11. The molecule has 1 saturated heterocycles. The fourth-order valence-corrected chi connectivity index (χ4v) is 6.39. The van der Waals surface area contributed by atoms with Gasteiger partial charge in [-0.2, -0.15) is 13.9 Å². The van der Waals surface area contributed by atoms with Crippen molar-refractivity contribution in [1.82, 2.24) is 35.5 Å². The summed E-state index contributed by atoms with van der Waals surface area (Å²) < 4.78 is 74.4. The van der Waals surface area contributed by atoms with Crippen molar-refractivity contribution < 1.29 is 46.5 Å². The van der Waals surface area contributed by atoms with Crippen molar-refractivity contribution in [2.45, 2.75) is 110 Å². The van der Waals surface area contributed by atoms with E-state index in [2.05, 4.69) is 42.5 Å². The first-order valence-electron chi connectivity index (χ1n) is 19.7. The Morgan fingerprint density at radius 3 is 2.03 bits per heavy atom. The smallest absolute Gasteiger partial charge is 0.422 e. The predicted octanol–water partition coefficient (Wildman–Crippen LogP) is 6.77. The number of aliphatic hydroxyl groups excluding tert-OH is 1. The number of morpholine rings is 1. The van der Waals surface area contributed by atoms with Crippen LogP contribution >= 0.6 is 0 Å². The van der Waals surface area contributed by atoms with E-state index in [9.17, 15) is 23.5 Å². The van der Waals surface area contributed by atoms with Gasteiger partial charge >= 0.3 is 18.7 Å². The lowest BCUT2D eigenvalue weighted by molar-refractivity contribution is -0.00573. The van der Waals surface area contributed by atoms with Gasteiger partial charge in [-0.05, 0) is 97.2 Å². The molecule has 4 aromatic rings. The third-order valence-electron chi connectivity index (χ3n) is 8.95. The summed E-state index contributed by atoms with van der Waals surface area (Å²) in [5, 5.41) is 18.9. The van der Waals surface area contributed by atoms with Crippen LogP contribution in [-0.2, 0) is 27.2 Å². The fraction of sp³-hybridized carbons (Fsp3) is 0.465. The molecular formula is C43H52F4N8O6. The summed E-state index contributed by atoms with van der Waals surface area (Å²) >= 11 is 0. The van der Waals surface area contributed by atoms with Crippen LogP contribution in [0.1, 0.15) is 84.2 Å². The second-order valence-corrected chi connectivity index (χ2v) is 16.8. The molecule has 0 spiro atoms. The molecule has 1 aliphatic rings. The van der Waals surface area contributed by atoms with Crippen molar-refractivity contribution in [3.8, 4) is 23.0 Å². The number of amides is 2. The molecule has 14 nitrogen and oxygen atoms in total. The first-order chi connectivity index (χ1) is 28.6. The number of hydrazine groups is 1. The number of carbonyl (C=O) groups is 2. The molecule has 0 aliphatic carbocycles. The molecule has 18 heteroatoms. The van der Waals surface area contributed by atoms with Crippen LogP contribution in [0.4, 0.5) is 33.1 Å². The maximum Gasteiger partial charge on any atom is 0.422 e. The number of nitrogens with zero attached hydrogens (tertiary/aromatic N) is 6. The number of aliphatic hydroxyl groups is 1. The molecule has 0 unspecified atom stereocenters. The van der Waals surface area contributed by atoms with E-state index in [4.69, 9.17) is 14.2 Å². The SMILES string of the molecule is C[C@@H]1CN(c2ncc(C#Cc3ccc(C[C@H](NC(=O)OC(C)(C)C)[C@@H](O)CN(Cc4c(F)cc(-c5cnn(C(F)F)c5)cc4F)NC(=O)OC(C)(C)C)cc3)cn2)C[C@H](C)O1. The van der Waals surface area contributed by atoms with Gasteiger partial charge in [0.15, 0.2) is 0 Å². The number of ether oxygens (including phenoxy) is 3. The number of aromatic nitrogens is 4. The average Bonchev–Trinajstić information content (AvgIpc) is 3.65. The van der Waals surface area contributed by atoms with Gasteiger partial charge in [0.05, 0.1) is 36.1 Å². The van der Waals surface area contributed by atoms with E-state index in [1.165, 1.54) is 0 Å². The molecule has 61 heavy (non-hydrogen) atoms. The van der Waals surface area contributed by atoms with Crippen molar-refractivity contribution >= 4 is 18.1 Å². The zero-order valence-electron chi connectivity index (χ0n) is 35.4. The Morgan fingerprint density at radius 2 is 1.48 bits per heavy atom. The Kier molecular flexibility index (Phi) is 15.0. The molecule has 1 fully saturated rings. The Balaban J connectivity index is 1.34. The van der Waals surface area contributed by atoms with Crippen LogP contribution in [0.25, 0.3) is 11.1 Å². The molecule has 4 atom stereocenters. The third kappa shape index (κ3) is 14.2. The standard InChI is InChI=1S/C43H52F4N8O6/c1-26-21-53(22-27(2)59-26)39-48-18-30(19-49-39)14-11-28-9-12-29(13-10-28)15-36(51-40(57)60-42(3,4)5)37(56)25-54(52-41(58)61-43(6,7)8)24-33-34(44)16-31(17-35(33)45)32-20-50-55(23-32)38(46)47/h9-10,12-13,16-20,23,26-27,36-38,56H,15,21-22,24-25H2,1-8H3,(H,51,57)(H,52,58)/t26-,27+,36-,37-/m0/s1. The molecule has 3 N–H and O–H groups in total. The number of alkyl halides is 2. The first-order valence-corrected chi connectivity index (χ1v) is 19.7. The lowest BCUT2D eigenvalue weighted by atomic mass is 9.99. The van der Waals surface area contributed by atoms with Crippen molar-refractivity contribution in [2.24, 2.45) is 0 Å². The van der Waals surface area contributed by atoms with E-state index in [1.807, 2.05) is 13.8 Å². The Morgan fingerprint density at radius 1 is 0.902 bits per heavy atom. The van der Waals surface area contributed by atoms with E-state index >= 15 is 8.78 Å². The Hall–Kier alpha value is -5.77. The van der Waals surface area contributed by atoms with Crippen LogP contribution in [0, 0.1) is 23.5 Å². The normalized spacial score (nSPS) is 16.7. The molecule has 2 aromatic heterocycles. The molecular weight excluding hydrogens is 801 g/mol. The zero-order valence-corrected chi connectivity index (χ0v) is 35.4. The van der Waals surface area contributed by atoms with Gasteiger partial charge in [-0.25, -0.2) is 38.0 Å². The predicted molar refractivity (Wildman–Crippen MR) is 218 cm³/mol. The van der Waals surface area contributed by atoms with Crippen molar-refractivity contribution in [3.63, 3.8) is 0 Å². The highest BCUT2D eigenvalue weighted by molar-refractivity contribution is 5.68. The monoisotopic (exact) mass is 852 g/mol.